The van der Waals surface area contributed by atoms with Gasteiger partial charge < -0.3 is 10.2 Å². The first-order valence-electron chi connectivity index (χ1n) is 10.6. The van der Waals surface area contributed by atoms with Crippen molar-refractivity contribution < 1.29 is 9.59 Å². The number of likely N-dealkylation sites (N-methyl/N-ethyl adjacent to an activating group) is 1. The molecule has 2 amide bonds. The Bertz CT molecular complexity index is 687. The third-order valence-electron chi connectivity index (χ3n) is 6.19. The number of carbonyl (C=O) groups excluding carboxylic acids is 2. The quantitative estimate of drug-likeness (QED) is 0.781. The van der Waals surface area contributed by atoms with Crippen LogP contribution in [0.2, 0.25) is 0 Å². The van der Waals surface area contributed by atoms with Crippen LogP contribution in [0.1, 0.15) is 38.7 Å². The van der Waals surface area contributed by atoms with Gasteiger partial charge in [0, 0.05) is 31.9 Å². The first-order chi connectivity index (χ1) is 13.5. The van der Waals surface area contributed by atoms with Gasteiger partial charge >= 0.3 is 0 Å². The molecule has 6 nitrogen and oxygen atoms in total. The molecular weight excluding hydrogens is 352 g/mol. The third-order valence-corrected chi connectivity index (χ3v) is 6.19. The van der Waals surface area contributed by atoms with Crippen molar-refractivity contribution in [2.24, 2.45) is 0 Å². The average molecular weight is 387 g/mol. The summed E-state index contributed by atoms with van der Waals surface area (Å²) < 4.78 is 0. The molecule has 2 heterocycles. The summed E-state index contributed by atoms with van der Waals surface area (Å²) in [4.78, 5) is 31.7. The summed E-state index contributed by atoms with van der Waals surface area (Å²) in [5, 5.41) is 2.95. The molecule has 1 aromatic carbocycles. The summed E-state index contributed by atoms with van der Waals surface area (Å²) in [5.74, 6) is -0.138. The number of carbonyl (C=O) groups is 2. The summed E-state index contributed by atoms with van der Waals surface area (Å²) in [7, 11) is 1.72. The van der Waals surface area contributed by atoms with Crippen LogP contribution in [-0.2, 0) is 16.0 Å². The summed E-state index contributed by atoms with van der Waals surface area (Å²) >= 11 is 0. The molecule has 1 N–H and O–H groups in total. The summed E-state index contributed by atoms with van der Waals surface area (Å²) in [6.45, 7) is 8.41. The van der Waals surface area contributed by atoms with Crippen LogP contribution >= 0.6 is 0 Å². The zero-order chi connectivity index (χ0) is 20.1. The van der Waals surface area contributed by atoms with Crippen molar-refractivity contribution in [3.8, 4) is 0 Å². The highest BCUT2D eigenvalue weighted by Crippen LogP contribution is 2.22. The molecule has 2 fully saturated rings. The molecule has 2 aliphatic rings. The van der Waals surface area contributed by atoms with Gasteiger partial charge in [-0.05, 0) is 57.3 Å². The largest absolute Gasteiger partial charge is 0.335 e. The van der Waals surface area contributed by atoms with E-state index in [1.807, 2.05) is 31.2 Å². The highest BCUT2D eigenvalue weighted by molar-refractivity contribution is 5.95. The molecule has 154 valence electrons. The molecule has 0 aromatic heterocycles. The molecule has 2 aliphatic heterocycles. The number of nitrogens with one attached hydrogen (secondary N) is 1. The minimum absolute atomic E-state index is 0.0148. The Morgan fingerprint density at radius 2 is 1.93 bits per heavy atom. The van der Waals surface area contributed by atoms with Gasteiger partial charge in [-0.1, -0.05) is 25.1 Å². The van der Waals surface area contributed by atoms with Crippen LogP contribution in [-0.4, -0.2) is 78.4 Å². The van der Waals surface area contributed by atoms with Crippen molar-refractivity contribution in [1.82, 2.24) is 14.7 Å². The number of amides is 2. The van der Waals surface area contributed by atoms with E-state index in [0.29, 0.717) is 6.04 Å². The second kappa shape index (κ2) is 9.52. The Morgan fingerprint density at radius 1 is 1.21 bits per heavy atom. The van der Waals surface area contributed by atoms with Gasteiger partial charge in [-0.15, -0.1) is 0 Å². The molecule has 0 spiro atoms. The van der Waals surface area contributed by atoms with E-state index in [4.69, 9.17) is 0 Å². The number of anilines is 1. The highest BCUT2D eigenvalue weighted by atomic mass is 16.2. The van der Waals surface area contributed by atoms with Crippen LogP contribution in [0.3, 0.4) is 0 Å². The fourth-order valence-electron chi connectivity index (χ4n) is 4.43. The second-order valence-electron chi connectivity index (χ2n) is 8.11. The lowest BCUT2D eigenvalue weighted by atomic mass is 10.1. The minimum atomic E-state index is -0.187. The minimum Gasteiger partial charge on any atom is -0.335 e. The van der Waals surface area contributed by atoms with Crippen LogP contribution in [0, 0.1) is 0 Å². The van der Waals surface area contributed by atoms with Gasteiger partial charge in [-0.3, -0.25) is 19.4 Å². The number of likely N-dealkylation sites (tertiary alicyclic amines) is 2. The van der Waals surface area contributed by atoms with Crippen molar-refractivity contribution in [3.05, 3.63) is 29.8 Å². The van der Waals surface area contributed by atoms with Crippen molar-refractivity contribution in [2.75, 3.05) is 45.1 Å². The molecule has 1 aromatic rings. The smallest absolute Gasteiger partial charge is 0.243 e. The molecule has 0 saturated carbocycles. The van der Waals surface area contributed by atoms with Gasteiger partial charge in [0.2, 0.25) is 11.8 Å². The molecule has 2 saturated heterocycles. The lowest BCUT2D eigenvalue weighted by Gasteiger charge is -2.29. The molecular formula is C22H34N4O2. The van der Waals surface area contributed by atoms with E-state index in [1.54, 1.807) is 11.9 Å². The van der Waals surface area contributed by atoms with E-state index in [2.05, 4.69) is 22.0 Å². The lowest BCUT2D eigenvalue weighted by molar-refractivity contribution is -0.137. The number of nitrogens with zero attached hydrogens (tertiary/aromatic N) is 3. The Balaban J connectivity index is 1.50. The maximum absolute atomic E-state index is 12.9. The van der Waals surface area contributed by atoms with Gasteiger partial charge in [-0.25, -0.2) is 0 Å². The first-order valence-corrected chi connectivity index (χ1v) is 10.6. The standard InChI is InChI=1S/C22H34N4O2/c1-4-18-9-5-6-10-20(18)23-21(27)16-24(3)22(28)17(2)26-14-11-19(15-26)25-12-7-8-13-25/h5-6,9-10,17,19H,4,7-8,11-16H2,1-3H3,(H,23,27). The Hall–Kier alpha value is -1.92. The van der Waals surface area contributed by atoms with Crippen molar-refractivity contribution in [1.29, 1.82) is 0 Å². The van der Waals surface area contributed by atoms with Gasteiger partial charge in [0.05, 0.1) is 12.6 Å². The number of hydrogen-bond acceptors (Lipinski definition) is 4. The van der Waals surface area contributed by atoms with E-state index in [-0.39, 0.29) is 24.4 Å². The van der Waals surface area contributed by atoms with E-state index in [1.165, 1.54) is 25.9 Å². The zero-order valence-corrected chi connectivity index (χ0v) is 17.5. The SMILES string of the molecule is CCc1ccccc1NC(=O)CN(C)C(=O)C(C)N1CCC(N2CCCC2)C1. The van der Waals surface area contributed by atoms with Crippen LogP contribution in [0.4, 0.5) is 5.69 Å². The Kier molecular flexibility index (Phi) is 7.08. The number of benzene rings is 1. The molecule has 28 heavy (non-hydrogen) atoms. The summed E-state index contributed by atoms with van der Waals surface area (Å²) in [6, 6.07) is 8.19. The van der Waals surface area contributed by atoms with Gasteiger partial charge in [0.15, 0.2) is 0 Å². The fraction of sp³-hybridized carbons (Fsp3) is 0.636. The highest BCUT2D eigenvalue weighted by Gasteiger charge is 2.34. The van der Waals surface area contributed by atoms with Gasteiger partial charge in [0.1, 0.15) is 0 Å². The van der Waals surface area contributed by atoms with Crippen LogP contribution in [0.15, 0.2) is 24.3 Å². The summed E-state index contributed by atoms with van der Waals surface area (Å²) in [6.07, 6.45) is 4.58. The zero-order valence-electron chi connectivity index (χ0n) is 17.5. The normalized spacial score (nSPS) is 21.6. The topological polar surface area (TPSA) is 55.9 Å². The fourth-order valence-corrected chi connectivity index (χ4v) is 4.43. The first kappa shape index (κ1) is 20.8. The third kappa shape index (κ3) is 4.92. The monoisotopic (exact) mass is 386 g/mol. The maximum Gasteiger partial charge on any atom is 0.243 e. The molecule has 0 radical (unpaired) electrons. The van der Waals surface area contributed by atoms with Crippen LogP contribution in [0.5, 0.6) is 0 Å². The molecule has 2 atom stereocenters. The van der Waals surface area contributed by atoms with Crippen molar-refractivity contribution >= 4 is 17.5 Å². The van der Waals surface area contributed by atoms with E-state index < -0.39 is 0 Å². The predicted octanol–water partition coefficient (Wildman–Crippen LogP) is 2.20. The van der Waals surface area contributed by atoms with E-state index in [0.717, 1.165) is 37.2 Å². The van der Waals surface area contributed by atoms with E-state index >= 15 is 0 Å². The number of para-hydroxylation sites is 1. The molecule has 0 bridgehead atoms. The Labute approximate surface area is 168 Å². The van der Waals surface area contributed by atoms with Gasteiger partial charge in [0.25, 0.3) is 0 Å². The summed E-state index contributed by atoms with van der Waals surface area (Å²) in [5.41, 5.74) is 1.93. The second-order valence-corrected chi connectivity index (χ2v) is 8.11. The van der Waals surface area contributed by atoms with Crippen LogP contribution < -0.4 is 5.32 Å². The predicted molar refractivity (Wildman–Crippen MR) is 112 cm³/mol. The number of aryl methyl sites for hydroxylation is 1. The van der Waals surface area contributed by atoms with Crippen molar-refractivity contribution in [2.45, 2.75) is 51.6 Å². The van der Waals surface area contributed by atoms with E-state index in [9.17, 15) is 9.59 Å². The molecule has 2 unspecified atom stereocenters. The molecule has 6 heteroatoms. The maximum atomic E-state index is 12.9. The number of rotatable bonds is 7. The number of hydrogen-bond donors (Lipinski definition) is 1. The Morgan fingerprint density at radius 3 is 2.64 bits per heavy atom. The van der Waals surface area contributed by atoms with Crippen molar-refractivity contribution in [3.63, 3.8) is 0 Å². The average Bonchev–Trinajstić information content (AvgIpc) is 3.38. The van der Waals surface area contributed by atoms with Crippen LogP contribution in [0.25, 0.3) is 0 Å². The molecule has 0 aliphatic carbocycles. The lowest BCUT2D eigenvalue weighted by Crippen LogP contribution is -2.48. The van der Waals surface area contributed by atoms with Gasteiger partial charge in [-0.2, -0.15) is 0 Å². The molecule has 3 rings (SSSR count).